The van der Waals surface area contributed by atoms with E-state index in [1.165, 1.54) is 0 Å². The van der Waals surface area contributed by atoms with Gasteiger partial charge in [0, 0.05) is 25.7 Å². The third-order valence-corrected chi connectivity index (χ3v) is 3.18. The molecule has 4 nitrogen and oxygen atoms in total. The molecule has 0 heterocycles. The molecule has 19 heavy (non-hydrogen) atoms. The Bertz CT molecular complexity index is 405. The summed E-state index contributed by atoms with van der Waals surface area (Å²) in [7, 11) is 0. The highest BCUT2D eigenvalue weighted by atomic mass is 16.3. The standard InChI is InChI=1S/C15H24N2O2/c1-12(2)17(8-5-9-18)15(19)10-13-6-3-4-7-14(13)11-16/h3-4,6-7,12,18H,5,8-11,16H2,1-2H3. The number of aliphatic hydroxyl groups is 1. The molecule has 0 unspecified atom stereocenters. The Balaban J connectivity index is 2.75. The fourth-order valence-electron chi connectivity index (χ4n) is 2.11. The number of nitrogens with two attached hydrogens (primary N) is 1. The van der Waals surface area contributed by atoms with Gasteiger partial charge >= 0.3 is 0 Å². The van der Waals surface area contributed by atoms with Crippen molar-refractivity contribution >= 4 is 5.91 Å². The highest BCUT2D eigenvalue weighted by molar-refractivity contribution is 5.79. The van der Waals surface area contributed by atoms with Crippen LogP contribution in [0.25, 0.3) is 0 Å². The van der Waals surface area contributed by atoms with Crippen molar-refractivity contribution in [2.24, 2.45) is 5.73 Å². The van der Waals surface area contributed by atoms with E-state index in [-0.39, 0.29) is 18.6 Å². The molecular formula is C15H24N2O2. The van der Waals surface area contributed by atoms with Crippen LogP contribution in [0.1, 0.15) is 31.4 Å². The van der Waals surface area contributed by atoms with E-state index in [1.807, 2.05) is 43.0 Å². The van der Waals surface area contributed by atoms with Crippen LogP contribution in [0.4, 0.5) is 0 Å². The predicted octanol–water partition coefficient (Wildman–Crippen LogP) is 1.31. The fourth-order valence-corrected chi connectivity index (χ4v) is 2.11. The smallest absolute Gasteiger partial charge is 0.227 e. The zero-order valence-electron chi connectivity index (χ0n) is 11.8. The topological polar surface area (TPSA) is 66.6 Å². The number of amides is 1. The van der Waals surface area contributed by atoms with Crippen LogP contribution in [-0.2, 0) is 17.8 Å². The first-order valence-electron chi connectivity index (χ1n) is 6.77. The lowest BCUT2D eigenvalue weighted by molar-refractivity contribution is -0.132. The van der Waals surface area contributed by atoms with Crippen molar-refractivity contribution < 1.29 is 9.90 Å². The van der Waals surface area contributed by atoms with Gasteiger partial charge in [-0.15, -0.1) is 0 Å². The van der Waals surface area contributed by atoms with E-state index >= 15 is 0 Å². The highest BCUT2D eigenvalue weighted by Crippen LogP contribution is 2.12. The molecule has 0 aliphatic rings. The largest absolute Gasteiger partial charge is 0.396 e. The van der Waals surface area contributed by atoms with E-state index < -0.39 is 0 Å². The Morgan fingerprint density at radius 2 is 1.95 bits per heavy atom. The predicted molar refractivity (Wildman–Crippen MR) is 76.6 cm³/mol. The van der Waals surface area contributed by atoms with Gasteiger partial charge in [-0.25, -0.2) is 0 Å². The van der Waals surface area contributed by atoms with Gasteiger partial charge < -0.3 is 15.7 Å². The maximum atomic E-state index is 12.3. The zero-order chi connectivity index (χ0) is 14.3. The van der Waals surface area contributed by atoms with Crippen LogP contribution in [0, 0.1) is 0 Å². The zero-order valence-corrected chi connectivity index (χ0v) is 11.8. The van der Waals surface area contributed by atoms with Crippen LogP contribution in [0.15, 0.2) is 24.3 Å². The van der Waals surface area contributed by atoms with Crippen molar-refractivity contribution in [2.75, 3.05) is 13.2 Å². The van der Waals surface area contributed by atoms with E-state index in [4.69, 9.17) is 10.8 Å². The molecule has 1 aromatic rings. The lowest BCUT2D eigenvalue weighted by Crippen LogP contribution is -2.39. The lowest BCUT2D eigenvalue weighted by atomic mass is 10.0. The number of aliphatic hydroxyl groups excluding tert-OH is 1. The summed E-state index contributed by atoms with van der Waals surface area (Å²) in [5.74, 6) is 0.0874. The minimum Gasteiger partial charge on any atom is -0.396 e. The van der Waals surface area contributed by atoms with Crippen molar-refractivity contribution in [1.82, 2.24) is 4.90 Å². The molecule has 0 aliphatic carbocycles. The molecule has 0 aliphatic heterocycles. The van der Waals surface area contributed by atoms with Crippen LogP contribution in [0.5, 0.6) is 0 Å². The average molecular weight is 264 g/mol. The monoisotopic (exact) mass is 264 g/mol. The summed E-state index contributed by atoms with van der Waals surface area (Å²) in [6, 6.07) is 7.90. The van der Waals surface area contributed by atoms with Gasteiger partial charge in [-0.3, -0.25) is 4.79 Å². The van der Waals surface area contributed by atoms with Crippen molar-refractivity contribution in [3.05, 3.63) is 35.4 Å². The summed E-state index contributed by atoms with van der Waals surface area (Å²) < 4.78 is 0. The summed E-state index contributed by atoms with van der Waals surface area (Å²) in [6.45, 7) is 5.13. The number of carbonyl (C=O) groups is 1. The highest BCUT2D eigenvalue weighted by Gasteiger charge is 2.17. The molecule has 4 heteroatoms. The molecule has 1 rings (SSSR count). The third-order valence-electron chi connectivity index (χ3n) is 3.18. The van der Waals surface area contributed by atoms with Crippen LogP contribution in [0.2, 0.25) is 0 Å². The number of benzene rings is 1. The van der Waals surface area contributed by atoms with E-state index in [0.717, 1.165) is 11.1 Å². The molecule has 1 aromatic carbocycles. The SMILES string of the molecule is CC(C)N(CCCO)C(=O)Cc1ccccc1CN. The maximum Gasteiger partial charge on any atom is 0.227 e. The van der Waals surface area contributed by atoms with Crippen molar-refractivity contribution in [3.63, 3.8) is 0 Å². The summed E-state index contributed by atoms with van der Waals surface area (Å²) in [5, 5.41) is 8.90. The molecule has 0 saturated heterocycles. The molecule has 0 spiro atoms. The second kappa shape index (κ2) is 7.92. The Morgan fingerprint density at radius 1 is 1.32 bits per heavy atom. The molecule has 1 amide bonds. The molecule has 0 radical (unpaired) electrons. The first kappa shape index (κ1) is 15.7. The van der Waals surface area contributed by atoms with Gasteiger partial charge in [0.2, 0.25) is 5.91 Å². The van der Waals surface area contributed by atoms with Crippen LogP contribution in [-0.4, -0.2) is 35.1 Å². The van der Waals surface area contributed by atoms with E-state index in [1.54, 1.807) is 0 Å². The molecule has 0 atom stereocenters. The maximum absolute atomic E-state index is 12.3. The van der Waals surface area contributed by atoms with Gasteiger partial charge in [0.1, 0.15) is 0 Å². The van der Waals surface area contributed by atoms with Gasteiger partial charge in [0.05, 0.1) is 6.42 Å². The second-order valence-electron chi connectivity index (χ2n) is 4.91. The quantitative estimate of drug-likeness (QED) is 0.780. The summed E-state index contributed by atoms with van der Waals surface area (Å²) in [5.41, 5.74) is 7.69. The number of hydrogen-bond donors (Lipinski definition) is 2. The number of rotatable bonds is 7. The second-order valence-corrected chi connectivity index (χ2v) is 4.91. The third kappa shape index (κ3) is 4.65. The number of hydrogen-bond acceptors (Lipinski definition) is 3. The Hall–Kier alpha value is -1.39. The molecule has 0 saturated carbocycles. The number of nitrogens with zero attached hydrogens (tertiary/aromatic N) is 1. The van der Waals surface area contributed by atoms with Crippen LogP contribution in [0.3, 0.4) is 0 Å². The van der Waals surface area contributed by atoms with Gasteiger partial charge in [0.25, 0.3) is 0 Å². The van der Waals surface area contributed by atoms with Crippen LogP contribution >= 0.6 is 0 Å². The van der Waals surface area contributed by atoms with Gasteiger partial charge in [-0.05, 0) is 31.4 Å². The van der Waals surface area contributed by atoms with E-state index in [2.05, 4.69) is 0 Å². The molecule has 106 valence electrons. The van der Waals surface area contributed by atoms with Gasteiger partial charge in [-0.2, -0.15) is 0 Å². The minimum absolute atomic E-state index is 0.0874. The first-order chi connectivity index (χ1) is 9.10. The van der Waals surface area contributed by atoms with Gasteiger partial charge in [-0.1, -0.05) is 24.3 Å². The van der Waals surface area contributed by atoms with Crippen molar-refractivity contribution in [3.8, 4) is 0 Å². The Morgan fingerprint density at radius 3 is 2.47 bits per heavy atom. The van der Waals surface area contributed by atoms with Crippen molar-refractivity contribution in [2.45, 2.75) is 39.3 Å². The Kier molecular flexibility index (Phi) is 6.53. The summed E-state index contributed by atoms with van der Waals surface area (Å²) in [4.78, 5) is 14.1. The average Bonchev–Trinajstić information content (AvgIpc) is 2.39. The molecule has 3 N–H and O–H groups in total. The van der Waals surface area contributed by atoms with Crippen LogP contribution < -0.4 is 5.73 Å². The summed E-state index contributed by atoms with van der Waals surface area (Å²) >= 11 is 0. The molecular weight excluding hydrogens is 240 g/mol. The van der Waals surface area contributed by atoms with Gasteiger partial charge in [0.15, 0.2) is 0 Å². The lowest BCUT2D eigenvalue weighted by Gasteiger charge is -2.27. The first-order valence-corrected chi connectivity index (χ1v) is 6.77. The molecule has 0 aromatic heterocycles. The normalized spacial score (nSPS) is 10.8. The summed E-state index contributed by atoms with van der Waals surface area (Å²) in [6.07, 6.45) is 0.986. The van der Waals surface area contributed by atoms with Crippen molar-refractivity contribution in [1.29, 1.82) is 0 Å². The van der Waals surface area contributed by atoms with E-state index in [0.29, 0.717) is 25.9 Å². The Labute approximate surface area is 115 Å². The molecule has 0 fully saturated rings. The number of carbonyl (C=O) groups excluding carboxylic acids is 1. The fraction of sp³-hybridized carbons (Fsp3) is 0.533. The minimum atomic E-state index is 0.0874. The van der Waals surface area contributed by atoms with E-state index in [9.17, 15) is 4.79 Å². The molecule has 0 bridgehead atoms.